The second-order valence-electron chi connectivity index (χ2n) is 5.69. The number of unbranched alkanes of at least 4 members (excludes halogenated alkanes) is 1. The second-order valence-corrected chi connectivity index (χ2v) is 5.69. The first-order valence-corrected chi connectivity index (χ1v) is 6.36. The lowest BCUT2D eigenvalue weighted by Crippen LogP contribution is -2.45. The molecule has 0 unspecified atom stereocenters. The van der Waals surface area contributed by atoms with Crippen molar-refractivity contribution in [2.75, 3.05) is 0 Å². The van der Waals surface area contributed by atoms with Gasteiger partial charge in [0.25, 0.3) is 0 Å². The molecule has 0 aliphatic heterocycles. The van der Waals surface area contributed by atoms with Gasteiger partial charge in [-0.25, -0.2) is 0 Å². The van der Waals surface area contributed by atoms with Crippen molar-refractivity contribution in [3.8, 4) is 0 Å². The largest absolute Gasteiger partial charge is 0.481 e. The topological polar surface area (TPSA) is 37.3 Å². The van der Waals surface area contributed by atoms with E-state index in [2.05, 4.69) is 6.92 Å². The Morgan fingerprint density at radius 2 is 1.67 bits per heavy atom. The third kappa shape index (κ3) is 1.79. The number of carbonyl (C=O) groups is 1. The van der Waals surface area contributed by atoms with Gasteiger partial charge < -0.3 is 5.11 Å². The highest BCUT2D eigenvalue weighted by atomic mass is 16.4. The Kier molecular flexibility index (Phi) is 2.78. The van der Waals surface area contributed by atoms with Gasteiger partial charge in [-0.1, -0.05) is 19.8 Å². The van der Waals surface area contributed by atoms with Crippen LogP contribution in [0, 0.1) is 10.8 Å². The van der Waals surface area contributed by atoms with Crippen molar-refractivity contribution in [3.05, 3.63) is 0 Å². The molecule has 2 heteroatoms. The molecule has 0 saturated heterocycles. The van der Waals surface area contributed by atoms with Gasteiger partial charge in [-0.15, -0.1) is 0 Å². The summed E-state index contributed by atoms with van der Waals surface area (Å²) in [4.78, 5) is 11.3. The molecule has 1 N–H and O–H groups in total. The Bertz CT molecular complexity index is 233. The molecule has 86 valence electrons. The molecule has 0 amide bonds. The molecule has 2 bridgehead atoms. The van der Waals surface area contributed by atoms with E-state index < -0.39 is 5.97 Å². The molecule has 0 spiro atoms. The summed E-state index contributed by atoms with van der Waals surface area (Å²) < 4.78 is 0. The summed E-state index contributed by atoms with van der Waals surface area (Å²) >= 11 is 0. The number of carboxylic acids is 1. The molecule has 0 aromatic heterocycles. The minimum absolute atomic E-state index is 0.325. The molecular formula is C13H22O2. The van der Waals surface area contributed by atoms with Crippen molar-refractivity contribution in [1.82, 2.24) is 0 Å². The Balaban J connectivity index is 2.01. The predicted octanol–water partition coefficient (Wildman–Crippen LogP) is 3.60. The predicted molar refractivity (Wildman–Crippen MR) is 59.7 cm³/mol. The normalized spacial score (nSPS) is 39.3. The summed E-state index contributed by atoms with van der Waals surface area (Å²) in [6.07, 6.45) is 10.2. The minimum Gasteiger partial charge on any atom is -0.481 e. The first-order chi connectivity index (χ1) is 7.13. The van der Waals surface area contributed by atoms with E-state index in [0.717, 1.165) is 19.3 Å². The van der Waals surface area contributed by atoms with Gasteiger partial charge in [-0.05, 0) is 50.4 Å². The zero-order valence-corrected chi connectivity index (χ0v) is 9.72. The number of hydrogen-bond acceptors (Lipinski definition) is 1. The fourth-order valence-electron chi connectivity index (χ4n) is 3.51. The second kappa shape index (κ2) is 3.80. The number of carboxylic acid groups (broad SMARTS) is 1. The van der Waals surface area contributed by atoms with Gasteiger partial charge in [0.15, 0.2) is 0 Å². The van der Waals surface area contributed by atoms with Crippen LogP contribution in [-0.4, -0.2) is 11.1 Å². The van der Waals surface area contributed by atoms with Crippen molar-refractivity contribution in [2.45, 2.75) is 64.7 Å². The lowest BCUT2D eigenvalue weighted by molar-refractivity contribution is -0.159. The Hall–Kier alpha value is -0.530. The minimum atomic E-state index is -0.536. The Labute approximate surface area is 92.1 Å². The van der Waals surface area contributed by atoms with Gasteiger partial charge in [0.1, 0.15) is 0 Å². The van der Waals surface area contributed by atoms with Gasteiger partial charge in [-0.2, -0.15) is 0 Å². The summed E-state index contributed by atoms with van der Waals surface area (Å²) in [5, 5.41) is 9.27. The molecule has 3 rings (SSSR count). The zero-order valence-electron chi connectivity index (χ0n) is 9.72. The third-order valence-electron chi connectivity index (χ3n) is 4.92. The molecule has 0 heterocycles. The molecule has 3 fully saturated rings. The van der Waals surface area contributed by atoms with Crippen LogP contribution in [0.5, 0.6) is 0 Å². The summed E-state index contributed by atoms with van der Waals surface area (Å²) in [5.74, 6) is -0.536. The Morgan fingerprint density at radius 3 is 2.07 bits per heavy atom. The fourth-order valence-corrected chi connectivity index (χ4v) is 3.51. The molecule has 0 aromatic carbocycles. The van der Waals surface area contributed by atoms with Crippen LogP contribution < -0.4 is 0 Å². The smallest absolute Gasteiger partial charge is 0.309 e. The van der Waals surface area contributed by atoms with E-state index in [1.165, 1.54) is 38.5 Å². The fraction of sp³-hybridized carbons (Fsp3) is 0.923. The highest BCUT2D eigenvalue weighted by Gasteiger charge is 2.51. The van der Waals surface area contributed by atoms with Crippen LogP contribution in [0.4, 0.5) is 0 Å². The monoisotopic (exact) mass is 210 g/mol. The van der Waals surface area contributed by atoms with Gasteiger partial charge >= 0.3 is 5.97 Å². The maximum atomic E-state index is 11.3. The maximum Gasteiger partial charge on any atom is 0.309 e. The van der Waals surface area contributed by atoms with E-state index in [1.54, 1.807) is 0 Å². The number of fused-ring (bicyclic) bond motifs is 3. The van der Waals surface area contributed by atoms with E-state index in [0.29, 0.717) is 5.41 Å². The van der Waals surface area contributed by atoms with Gasteiger partial charge in [-0.3, -0.25) is 4.79 Å². The Morgan fingerprint density at radius 1 is 1.13 bits per heavy atom. The molecule has 0 aromatic rings. The summed E-state index contributed by atoms with van der Waals surface area (Å²) in [7, 11) is 0. The van der Waals surface area contributed by atoms with Gasteiger partial charge in [0.05, 0.1) is 5.41 Å². The van der Waals surface area contributed by atoms with Crippen LogP contribution >= 0.6 is 0 Å². The third-order valence-corrected chi connectivity index (χ3v) is 4.92. The van der Waals surface area contributed by atoms with E-state index >= 15 is 0 Å². The maximum absolute atomic E-state index is 11.3. The van der Waals surface area contributed by atoms with E-state index in [-0.39, 0.29) is 5.41 Å². The van der Waals surface area contributed by atoms with Crippen molar-refractivity contribution >= 4 is 5.97 Å². The highest BCUT2D eigenvalue weighted by molar-refractivity contribution is 5.75. The molecule has 0 radical (unpaired) electrons. The van der Waals surface area contributed by atoms with Crippen LogP contribution in [0.15, 0.2) is 0 Å². The van der Waals surface area contributed by atoms with Crippen molar-refractivity contribution in [1.29, 1.82) is 0 Å². The van der Waals surface area contributed by atoms with E-state index in [1.807, 2.05) is 0 Å². The number of aliphatic carboxylic acids is 1. The first-order valence-electron chi connectivity index (χ1n) is 6.36. The van der Waals surface area contributed by atoms with Gasteiger partial charge in [0, 0.05) is 0 Å². The summed E-state index contributed by atoms with van der Waals surface area (Å²) in [6, 6.07) is 0. The zero-order chi connectivity index (χ0) is 10.9. The highest BCUT2D eigenvalue weighted by Crippen LogP contribution is 2.58. The number of hydrogen-bond donors (Lipinski definition) is 1. The standard InChI is InChI=1S/C13H22O2/c1-2-3-4-12-5-8-13(9-6-12,10-7-12)11(14)15/h2-10H2,1H3,(H,14,15). The molecule has 3 aliphatic carbocycles. The molecule has 3 aliphatic rings. The van der Waals surface area contributed by atoms with Crippen LogP contribution in [0.2, 0.25) is 0 Å². The lowest BCUT2D eigenvalue weighted by atomic mass is 9.52. The number of rotatable bonds is 4. The lowest BCUT2D eigenvalue weighted by Gasteiger charge is -2.51. The summed E-state index contributed by atoms with van der Waals surface area (Å²) in [5.41, 5.74) is 0.209. The average Bonchev–Trinajstić information content (AvgIpc) is 2.29. The molecule has 3 saturated carbocycles. The molecule has 2 nitrogen and oxygen atoms in total. The van der Waals surface area contributed by atoms with E-state index in [9.17, 15) is 9.90 Å². The van der Waals surface area contributed by atoms with Gasteiger partial charge in [0.2, 0.25) is 0 Å². The first kappa shape index (κ1) is 11.0. The van der Waals surface area contributed by atoms with Crippen LogP contribution in [0.1, 0.15) is 64.7 Å². The quantitative estimate of drug-likeness (QED) is 0.769. The van der Waals surface area contributed by atoms with Crippen LogP contribution in [-0.2, 0) is 4.79 Å². The molecular weight excluding hydrogens is 188 g/mol. The average molecular weight is 210 g/mol. The van der Waals surface area contributed by atoms with Crippen LogP contribution in [0.25, 0.3) is 0 Å². The summed E-state index contributed by atoms with van der Waals surface area (Å²) in [6.45, 7) is 2.24. The van der Waals surface area contributed by atoms with Crippen molar-refractivity contribution < 1.29 is 9.90 Å². The molecule has 0 atom stereocenters. The SMILES string of the molecule is CCCCC12CCC(C(=O)O)(CC1)CC2. The van der Waals surface area contributed by atoms with E-state index in [4.69, 9.17) is 0 Å². The molecule has 15 heavy (non-hydrogen) atoms. The van der Waals surface area contributed by atoms with Crippen molar-refractivity contribution in [2.24, 2.45) is 10.8 Å². The van der Waals surface area contributed by atoms with Crippen molar-refractivity contribution in [3.63, 3.8) is 0 Å². The van der Waals surface area contributed by atoms with Crippen LogP contribution in [0.3, 0.4) is 0 Å².